The maximum absolute atomic E-state index is 11.8. The number of nitrogens with two attached hydrogens (primary N) is 1. The number of aryl methyl sites for hydroxylation is 1. The molecule has 1 heterocycles. The highest BCUT2D eigenvalue weighted by atomic mass is 16.2. The molecule has 20 heavy (non-hydrogen) atoms. The first-order valence-corrected chi connectivity index (χ1v) is 6.74. The molecule has 5 heteroatoms. The smallest absolute Gasteiger partial charge is 0.241 e. The lowest BCUT2D eigenvalue weighted by Gasteiger charge is -2.13. The quantitative estimate of drug-likeness (QED) is 0.839. The fourth-order valence-corrected chi connectivity index (χ4v) is 2.03. The van der Waals surface area contributed by atoms with Crippen molar-refractivity contribution in [3.05, 3.63) is 48.3 Å². The summed E-state index contributed by atoms with van der Waals surface area (Å²) >= 11 is 0. The number of anilines is 1. The standard InChI is InChI=1S/C15H20N4O/c1-12(7-8-13-5-3-2-4-6-13)18-15(20)11-19-10-14(16)9-17-19/h2-6,9-10,12H,7-8,11,16H2,1H3,(H,18,20). The molecule has 1 atom stereocenters. The van der Waals surface area contributed by atoms with Crippen LogP contribution in [0.25, 0.3) is 0 Å². The molecule has 0 aliphatic rings. The monoisotopic (exact) mass is 272 g/mol. The largest absolute Gasteiger partial charge is 0.396 e. The molecule has 2 rings (SSSR count). The van der Waals surface area contributed by atoms with Crippen molar-refractivity contribution in [1.29, 1.82) is 0 Å². The van der Waals surface area contributed by atoms with Gasteiger partial charge in [-0.15, -0.1) is 0 Å². The first-order chi connectivity index (χ1) is 9.63. The highest BCUT2D eigenvalue weighted by molar-refractivity contribution is 5.75. The molecular weight excluding hydrogens is 252 g/mol. The van der Waals surface area contributed by atoms with Crippen LogP contribution in [-0.2, 0) is 17.8 Å². The molecule has 0 saturated heterocycles. The fourth-order valence-electron chi connectivity index (χ4n) is 2.03. The van der Waals surface area contributed by atoms with Crippen LogP contribution in [0, 0.1) is 0 Å². The van der Waals surface area contributed by atoms with Gasteiger partial charge >= 0.3 is 0 Å². The molecule has 0 saturated carbocycles. The molecule has 0 bridgehead atoms. The van der Waals surface area contributed by atoms with Crippen molar-refractivity contribution in [1.82, 2.24) is 15.1 Å². The van der Waals surface area contributed by atoms with Gasteiger partial charge in [0.15, 0.2) is 0 Å². The van der Waals surface area contributed by atoms with E-state index in [9.17, 15) is 4.79 Å². The number of nitrogens with zero attached hydrogens (tertiary/aromatic N) is 2. The average molecular weight is 272 g/mol. The Balaban J connectivity index is 1.73. The van der Waals surface area contributed by atoms with Gasteiger partial charge in [0.05, 0.1) is 11.9 Å². The SMILES string of the molecule is CC(CCc1ccccc1)NC(=O)Cn1cc(N)cn1. The van der Waals surface area contributed by atoms with E-state index >= 15 is 0 Å². The number of aromatic nitrogens is 2. The molecule has 0 radical (unpaired) electrons. The number of hydrogen-bond donors (Lipinski definition) is 2. The van der Waals surface area contributed by atoms with Crippen LogP contribution < -0.4 is 11.1 Å². The maximum atomic E-state index is 11.8. The summed E-state index contributed by atoms with van der Waals surface area (Å²) in [6.07, 6.45) is 5.05. The van der Waals surface area contributed by atoms with Crippen molar-refractivity contribution in [3.8, 4) is 0 Å². The average Bonchev–Trinajstić information content (AvgIpc) is 2.83. The number of nitrogens with one attached hydrogen (secondary N) is 1. The minimum Gasteiger partial charge on any atom is -0.396 e. The van der Waals surface area contributed by atoms with Crippen molar-refractivity contribution in [2.75, 3.05) is 5.73 Å². The molecule has 0 aliphatic carbocycles. The van der Waals surface area contributed by atoms with E-state index in [1.165, 1.54) is 16.4 Å². The van der Waals surface area contributed by atoms with Crippen LogP contribution in [0.1, 0.15) is 18.9 Å². The van der Waals surface area contributed by atoms with Gasteiger partial charge in [-0.3, -0.25) is 9.48 Å². The van der Waals surface area contributed by atoms with Crippen LogP contribution in [0.2, 0.25) is 0 Å². The van der Waals surface area contributed by atoms with Crippen LogP contribution in [0.4, 0.5) is 5.69 Å². The second-order valence-corrected chi connectivity index (χ2v) is 4.96. The number of nitrogen functional groups attached to an aromatic ring is 1. The third kappa shape index (κ3) is 4.42. The lowest BCUT2D eigenvalue weighted by atomic mass is 10.1. The lowest BCUT2D eigenvalue weighted by molar-refractivity contribution is -0.122. The van der Waals surface area contributed by atoms with Gasteiger partial charge < -0.3 is 11.1 Å². The molecule has 1 unspecified atom stereocenters. The van der Waals surface area contributed by atoms with E-state index in [4.69, 9.17) is 5.73 Å². The van der Waals surface area contributed by atoms with Crippen LogP contribution in [-0.4, -0.2) is 21.7 Å². The van der Waals surface area contributed by atoms with Crippen LogP contribution in [0.15, 0.2) is 42.7 Å². The molecule has 3 N–H and O–H groups in total. The van der Waals surface area contributed by atoms with Gasteiger partial charge in [0, 0.05) is 12.2 Å². The molecule has 106 valence electrons. The maximum Gasteiger partial charge on any atom is 0.241 e. The molecule has 0 spiro atoms. The van der Waals surface area contributed by atoms with Gasteiger partial charge in [0.2, 0.25) is 5.91 Å². The third-order valence-corrected chi connectivity index (χ3v) is 3.08. The topological polar surface area (TPSA) is 72.9 Å². The van der Waals surface area contributed by atoms with Gasteiger partial charge in [0.25, 0.3) is 0 Å². The Morgan fingerprint density at radius 2 is 2.15 bits per heavy atom. The predicted octanol–water partition coefficient (Wildman–Crippen LogP) is 1.60. The van der Waals surface area contributed by atoms with Gasteiger partial charge in [-0.1, -0.05) is 30.3 Å². The Bertz CT molecular complexity index is 550. The zero-order valence-corrected chi connectivity index (χ0v) is 11.6. The summed E-state index contributed by atoms with van der Waals surface area (Å²) in [5, 5.41) is 6.95. The van der Waals surface area contributed by atoms with Crippen molar-refractivity contribution in [2.24, 2.45) is 0 Å². The van der Waals surface area contributed by atoms with E-state index in [2.05, 4.69) is 22.5 Å². The van der Waals surface area contributed by atoms with Crippen molar-refractivity contribution in [2.45, 2.75) is 32.4 Å². The first kappa shape index (κ1) is 14.1. The summed E-state index contributed by atoms with van der Waals surface area (Å²) < 4.78 is 1.54. The second kappa shape index (κ2) is 6.75. The molecule has 1 aromatic carbocycles. The number of carbonyl (C=O) groups is 1. The van der Waals surface area contributed by atoms with Gasteiger partial charge in [-0.05, 0) is 25.3 Å². The molecular formula is C15H20N4O. The Kier molecular flexibility index (Phi) is 4.76. The van der Waals surface area contributed by atoms with E-state index in [1.807, 2.05) is 25.1 Å². The normalized spacial score (nSPS) is 12.1. The third-order valence-electron chi connectivity index (χ3n) is 3.08. The molecule has 0 fully saturated rings. The Hall–Kier alpha value is -2.30. The number of carbonyl (C=O) groups excluding carboxylic acids is 1. The van der Waals surface area contributed by atoms with Crippen LogP contribution in [0.5, 0.6) is 0 Å². The summed E-state index contributed by atoms with van der Waals surface area (Å²) in [4.78, 5) is 11.8. The predicted molar refractivity (Wildman–Crippen MR) is 79.0 cm³/mol. The van der Waals surface area contributed by atoms with Crippen molar-refractivity contribution in [3.63, 3.8) is 0 Å². The highest BCUT2D eigenvalue weighted by Gasteiger charge is 2.08. The summed E-state index contributed by atoms with van der Waals surface area (Å²) in [6.45, 7) is 2.21. The van der Waals surface area contributed by atoms with E-state index in [1.54, 1.807) is 6.20 Å². The van der Waals surface area contributed by atoms with Crippen molar-refractivity contribution >= 4 is 11.6 Å². The molecule has 5 nitrogen and oxygen atoms in total. The lowest BCUT2D eigenvalue weighted by Crippen LogP contribution is -2.35. The zero-order valence-electron chi connectivity index (χ0n) is 11.6. The molecule has 2 aromatic rings. The molecule has 1 aromatic heterocycles. The van der Waals surface area contributed by atoms with Gasteiger partial charge in [-0.2, -0.15) is 5.10 Å². The minimum atomic E-state index is -0.0475. The van der Waals surface area contributed by atoms with Gasteiger partial charge in [0.1, 0.15) is 6.54 Å². The van der Waals surface area contributed by atoms with Crippen LogP contribution >= 0.6 is 0 Å². The molecule has 0 aliphatic heterocycles. The number of hydrogen-bond acceptors (Lipinski definition) is 3. The van der Waals surface area contributed by atoms with Crippen LogP contribution in [0.3, 0.4) is 0 Å². The van der Waals surface area contributed by atoms with E-state index < -0.39 is 0 Å². The van der Waals surface area contributed by atoms with E-state index in [0.717, 1.165) is 12.8 Å². The summed E-state index contributed by atoms with van der Waals surface area (Å²) in [7, 11) is 0. The van der Waals surface area contributed by atoms with E-state index in [0.29, 0.717) is 5.69 Å². The number of rotatable bonds is 6. The summed E-state index contributed by atoms with van der Waals surface area (Å²) in [5.74, 6) is -0.0475. The fraction of sp³-hybridized carbons (Fsp3) is 0.333. The summed E-state index contributed by atoms with van der Waals surface area (Å²) in [5.41, 5.74) is 7.40. The zero-order chi connectivity index (χ0) is 14.4. The summed E-state index contributed by atoms with van der Waals surface area (Å²) in [6, 6.07) is 10.4. The highest BCUT2D eigenvalue weighted by Crippen LogP contribution is 2.05. The Labute approximate surface area is 118 Å². The Morgan fingerprint density at radius 1 is 1.40 bits per heavy atom. The Morgan fingerprint density at radius 3 is 2.80 bits per heavy atom. The second-order valence-electron chi connectivity index (χ2n) is 4.96. The van der Waals surface area contributed by atoms with E-state index in [-0.39, 0.29) is 18.5 Å². The molecule has 1 amide bonds. The number of benzene rings is 1. The van der Waals surface area contributed by atoms with Gasteiger partial charge in [-0.25, -0.2) is 0 Å². The first-order valence-electron chi connectivity index (χ1n) is 6.74. The van der Waals surface area contributed by atoms with Crippen molar-refractivity contribution < 1.29 is 4.79 Å². The minimum absolute atomic E-state index is 0.0475. The number of amides is 1.